The Morgan fingerprint density at radius 2 is 1.37 bits per heavy atom. The van der Waals surface area contributed by atoms with Gasteiger partial charge in [0.15, 0.2) is 18.4 Å². The van der Waals surface area contributed by atoms with Crippen LogP contribution in [-0.4, -0.2) is 135 Å². The third kappa shape index (κ3) is 5.98. The van der Waals surface area contributed by atoms with E-state index in [0.29, 0.717) is 41.4 Å². The summed E-state index contributed by atoms with van der Waals surface area (Å²) in [6.45, 7) is 9.33. The van der Waals surface area contributed by atoms with Crippen molar-refractivity contribution in [3.63, 3.8) is 0 Å². The summed E-state index contributed by atoms with van der Waals surface area (Å²) in [5.41, 5.74) is 0.425. The molecule has 4 saturated carbocycles. The lowest BCUT2D eigenvalue weighted by Crippen LogP contribution is -2.65. The van der Waals surface area contributed by atoms with E-state index < -0.39 is 80.4 Å². The lowest BCUT2D eigenvalue weighted by molar-refractivity contribution is -0.373. The quantitative estimate of drug-likeness (QED) is 0.194. The summed E-state index contributed by atoms with van der Waals surface area (Å²) < 4.78 is 37.5. The molecular weight excluding hydrogens is 676 g/mol. The molecule has 298 valence electrons. The Hall–Kier alpha value is -0.520. The Kier molecular flexibility index (Phi) is 10.4. The van der Waals surface area contributed by atoms with Crippen molar-refractivity contribution in [2.24, 2.45) is 52.3 Å². The maximum Gasteiger partial charge on any atom is 0.187 e. The van der Waals surface area contributed by atoms with Gasteiger partial charge in [-0.1, -0.05) is 27.7 Å². The molecular formula is C39H64O13. The van der Waals surface area contributed by atoms with Crippen LogP contribution < -0.4 is 0 Å². The maximum atomic E-state index is 11.1. The molecule has 0 aromatic heterocycles. The predicted molar refractivity (Wildman–Crippen MR) is 183 cm³/mol. The topological polar surface area (TPSA) is 197 Å². The predicted octanol–water partition coefficient (Wildman–Crippen LogP) is 1.44. The van der Waals surface area contributed by atoms with Gasteiger partial charge in [-0.2, -0.15) is 0 Å². The van der Waals surface area contributed by atoms with E-state index in [4.69, 9.17) is 28.4 Å². The maximum absolute atomic E-state index is 11.1. The van der Waals surface area contributed by atoms with Gasteiger partial charge >= 0.3 is 0 Å². The number of hydrogen-bond acceptors (Lipinski definition) is 13. The molecule has 0 radical (unpaired) electrons. The van der Waals surface area contributed by atoms with Crippen molar-refractivity contribution in [3.8, 4) is 0 Å². The number of aliphatic hydroxyl groups is 7. The molecule has 8 aliphatic rings. The number of rotatable bonds is 6. The van der Waals surface area contributed by atoms with Gasteiger partial charge in [0.2, 0.25) is 0 Å². The van der Waals surface area contributed by atoms with Gasteiger partial charge < -0.3 is 64.2 Å². The minimum absolute atomic E-state index is 0.168. The van der Waals surface area contributed by atoms with Gasteiger partial charge in [0.25, 0.3) is 0 Å². The Bertz CT molecular complexity index is 1260. The van der Waals surface area contributed by atoms with Crippen LogP contribution in [-0.2, 0) is 28.4 Å². The summed E-state index contributed by atoms with van der Waals surface area (Å²) >= 11 is 0. The van der Waals surface area contributed by atoms with Crippen molar-refractivity contribution in [2.75, 3.05) is 19.8 Å². The zero-order chi connectivity index (χ0) is 36.9. The van der Waals surface area contributed by atoms with Crippen LogP contribution in [0.2, 0.25) is 0 Å². The normalized spacial score (nSPS) is 59.0. The zero-order valence-corrected chi connectivity index (χ0v) is 31.2. The summed E-state index contributed by atoms with van der Waals surface area (Å²) in [6.07, 6.45) is -3.88. The Balaban J connectivity index is 0.942. The van der Waals surface area contributed by atoms with E-state index in [0.717, 1.165) is 45.1 Å². The fourth-order valence-corrected chi connectivity index (χ4v) is 13.2. The highest BCUT2D eigenvalue weighted by Gasteiger charge is 2.69. The van der Waals surface area contributed by atoms with Crippen LogP contribution in [0.1, 0.15) is 91.9 Å². The van der Waals surface area contributed by atoms with E-state index in [-0.39, 0.29) is 23.0 Å². The van der Waals surface area contributed by atoms with Crippen molar-refractivity contribution >= 4 is 0 Å². The molecule has 0 aromatic rings. The van der Waals surface area contributed by atoms with Crippen molar-refractivity contribution in [3.05, 3.63) is 0 Å². The highest BCUT2D eigenvalue weighted by molar-refractivity contribution is 5.15. The highest BCUT2D eigenvalue weighted by Crippen LogP contribution is 2.71. The SMILES string of the molecule is C[C@H]1CC[C@@]2(OC1)O[C@H]1C[C@H]3[C@@H]4CC[C@@H]5C[C@H](O[C@@H]6O[C@H](CO)[C@H](O)[C@H](O)[C@H]6O[C@@H]6O[C@H](CO)[C@@H](O)[C@H](O)[C@H]6O)CC[C@]5(C)[C@H]4CC[C@]3(C)[C@H]1[C@@H]2C. The van der Waals surface area contributed by atoms with Crippen LogP contribution in [0, 0.1) is 52.3 Å². The first kappa shape index (κ1) is 38.4. The third-order valence-electron chi connectivity index (χ3n) is 16.2. The molecule has 22 atom stereocenters. The largest absolute Gasteiger partial charge is 0.394 e. The van der Waals surface area contributed by atoms with E-state index in [2.05, 4.69) is 27.7 Å². The fourth-order valence-electron chi connectivity index (χ4n) is 13.2. The van der Waals surface area contributed by atoms with Gasteiger partial charge in [0.1, 0.15) is 48.8 Å². The van der Waals surface area contributed by atoms with Crippen molar-refractivity contribution in [1.82, 2.24) is 0 Å². The number of hydrogen-bond donors (Lipinski definition) is 7. The molecule has 0 aromatic carbocycles. The van der Waals surface area contributed by atoms with Gasteiger partial charge in [-0.15, -0.1) is 0 Å². The number of aliphatic hydroxyl groups excluding tert-OH is 7. The van der Waals surface area contributed by atoms with Crippen molar-refractivity contribution in [2.45, 2.75) is 171 Å². The fraction of sp³-hybridized carbons (Fsp3) is 1.00. The molecule has 52 heavy (non-hydrogen) atoms. The van der Waals surface area contributed by atoms with Crippen LogP contribution in [0.4, 0.5) is 0 Å². The van der Waals surface area contributed by atoms with E-state index >= 15 is 0 Å². The molecule has 1 spiro atoms. The summed E-state index contributed by atoms with van der Waals surface area (Å²) in [5, 5.41) is 72.7. The van der Waals surface area contributed by atoms with Crippen LogP contribution >= 0.6 is 0 Å². The van der Waals surface area contributed by atoms with Gasteiger partial charge in [-0.05, 0) is 104 Å². The molecule has 13 nitrogen and oxygen atoms in total. The monoisotopic (exact) mass is 740 g/mol. The van der Waals surface area contributed by atoms with E-state index in [9.17, 15) is 35.7 Å². The summed E-state index contributed by atoms with van der Waals surface area (Å²) in [5.74, 6) is 3.51. The van der Waals surface area contributed by atoms with Gasteiger partial charge in [0.05, 0.1) is 32.0 Å². The first-order valence-corrected chi connectivity index (χ1v) is 20.3. The molecule has 7 N–H and O–H groups in total. The summed E-state index contributed by atoms with van der Waals surface area (Å²) in [7, 11) is 0. The standard InChI is InChI=1S/C39H64O13/c1-18-7-12-39(47-17-18)19(2)28-25(52-39)14-24-22-6-5-20-13-21(8-10-37(20,3)23(22)9-11-38(24,28)4)48-36-34(32(45)30(43)27(16-41)50-36)51-35-33(46)31(44)29(42)26(15-40)49-35/h18-36,40-46H,5-17H2,1-4H3/t18-,19-,20+,21+,22+,23-,24-,25-,26+,27+,28-,29+,30-,31-,32-,33+,34+,35-,36+,37-,38-,39+/m0/s1. The third-order valence-corrected chi connectivity index (χ3v) is 16.2. The van der Waals surface area contributed by atoms with Gasteiger partial charge in [-0.25, -0.2) is 0 Å². The minimum Gasteiger partial charge on any atom is -0.394 e. The molecule has 0 bridgehead atoms. The summed E-state index contributed by atoms with van der Waals surface area (Å²) in [6, 6.07) is 0. The first-order valence-electron chi connectivity index (χ1n) is 20.3. The van der Waals surface area contributed by atoms with Crippen LogP contribution in [0.25, 0.3) is 0 Å². The molecule has 4 heterocycles. The van der Waals surface area contributed by atoms with Gasteiger partial charge in [0, 0.05) is 12.3 Å². The first-order chi connectivity index (χ1) is 24.7. The van der Waals surface area contributed by atoms with E-state index in [1.165, 1.54) is 25.7 Å². The molecule has 8 rings (SSSR count). The molecule has 13 heteroatoms. The minimum atomic E-state index is -1.71. The lowest BCUT2D eigenvalue weighted by atomic mass is 9.44. The molecule has 4 saturated heterocycles. The second-order valence-corrected chi connectivity index (χ2v) is 18.7. The Morgan fingerprint density at radius 1 is 0.673 bits per heavy atom. The second kappa shape index (κ2) is 14.1. The Labute approximate surface area is 307 Å². The molecule has 0 amide bonds. The molecule has 0 unspecified atom stereocenters. The van der Waals surface area contributed by atoms with Crippen molar-refractivity contribution < 1.29 is 64.2 Å². The molecule has 8 fully saturated rings. The zero-order valence-electron chi connectivity index (χ0n) is 31.2. The smallest absolute Gasteiger partial charge is 0.187 e. The van der Waals surface area contributed by atoms with Crippen LogP contribution in [0.15, 0.2) is 0 Å². The number of ether oxygens (including phenoxy) is 6. The lowest BCUT2D eigenvalue weighted by Gasteiger charge is -2.61. The van der Waals surface area contributed by atoms with Crippen LogP contribution in [0.3, 0.4) is 0 Å². The average Bonchev–Trinajstić information content (AvgIpc) is 3.58. The molecule has 4 aliphatic carbocycles. The molecule has 4 aliphatic heterocycles. The highest BCUT2D eigenvalue weighted by atomic mass is 16.8. The second-order valence-electron chi connectivity index (χ2n) is 18.7. The van der Waals surface area contributed by atoms with Gasteiger partial charge in [-0.3, -0.25) is 0 Å². The van der Waals surface area contributed by atoms with Crippen LogP contribution in [0.5, 0.6) is 0 Å². The van der Waals surface area contributed by atoms with E-state index in [1.54, 1.807) is 0 Å². The summed E-state index contributed by atoms with van der Waals surface area (Å²) in [4.78, 5) is 0. The van der Waals surface area contributed by atoms with E-state index in [1.807, 2.05) is 0 Å². The Morgan fingerprint density at radius 3 is 2.06 bits per heavy atom. The average molecular weight is 741 g/mol. The van der Waals surface area contributed by atoms with Crippen molar-refractivity contribution in [1.29, 1.82) is 0 Å². The number of fused-ring (bicyclic) bond motifs is 7.